The molecule has 128 valence electrons. The van der Waals surface area contributed by atoms with E-state index in [2.05, 4.69) is 20.6 Å². The quantitative estimate of drug-likeness (QED) is 0.672. The highest BCUT2D eigenvalue weighted by Crippen LogP contribution is 2.27. The normalized spacial score (nSPS) is 10.4. The Morgan fingerprint density at radius 3 is 2.76 bits per heavy atom. The van der Waals surface area contributed by atoms with E-state index < -0.39 is 0 Å². The van der Waals surface area contributed by atoms with Gasteiger partial charge in [0, 0.05) is 29.4 Å². The highest BCUT2D eigenvalue weighted by molar-refractivity contribution is 7.14. The monoisotopic (exact) mass is 354 g/mol. The van der Waals surface area contributed by atoms with Gasteiger partial charge in [-0.1, -0.05) is 12.1 Å². The average Bonchev–Trinajstić information content (AvgIpc) is 3.10. The van der Waals surface area contributed by atoms with Gasteiger partial charge in [0.15, 0.2) is 5.13 Å². The van der Waals surface area contributed by atoms with Crippen molar-refractivity contribution in [2.45, 2.75) is 6.92 Å². The van der Waals surface area contributed by atoms with Crippen molar-refractivity contribution in [1.82, 2.24) is 9.97 Å². The molecule has 0 aliphatic carbocycles. The Hall–Kier alpha value is -2.77. The number of amides is 1. The van der Waals surface area contributed by atoms with Crippen molar-refractivity contribution < 1.29 is 9.53 Å². The van der Waals surface area contributed by atoms with Gasteiger partial charge in [-0.3, -0.25) is 9.78 Å². The molecule has 0 saturated heterocycles. The molecule has 0 saturated carbocycles. The molecule has 3 aromatic rings. The molecule has 2 aromatic heterocycles. The fourth-order valence-electron chi connectivity index (χ4n) is 2.14. The van der Waals surface area contributed by atoms with Crippen LogP contribution in [0.2, 0.25) is 0 Å². The van der Waals surface area contributed by atoms with Gasteiger partial charge >= 0.3 is 0 Å². The van der Waals surface area contributed by atoms with Crippen LogP contribution in [0.3, 0.4) is 0 Å². The van der Waals surface area contributed by atoms with E-state index >= 15 is 0 Å². The van der Waals surface area contributed by atoms with Crippen LogP contribution >= 0.6 is 11.3 Å². The lowest BCUT2D eigenvalue weighted by atomic mass is 10.1. The average molecular weight is 354 g/mol. The van der Waals surface area contributed by atoms with Gasteiger partial charge < -0.3 is 15.4 Å². The van der Waals surface area contributed by atoms with Crippen LogP contribution in [0.1, 0.15) is 6.92 Å². The number of aromatic nitrogens is 2. The zero-order valence-electron chi connectivity index (χ0n) is 13.7. The van der Waals surface area contributed by atoms with Crippen molar-refractivity contribution in [2.24, 2.45) is 0 Å². The second kappa shape index (κ2) is 8.36. The van der Waals surface area contributed by atoms with Crippen molar-refractivity contribution in [1.29, 1.82) is 0 Å². The number of hydrogen-bond donors (Lipinski definition) is 2. The molecule has 2 heterocycles. The van der Waals surface area contributed by atoms with Crippen molar-refractivity contribution >= 4 is 33.8 Å². The number of nitrogens with one attached hydrogen (secondary N) is 2. The van der Waals surface area contributed by atoms with Crippen LogP contribution in [0.4, 0.5) is 16.5 Å². The molecule has 0 atom stereocenters. The minimum Gasteiger partial charge on any atom is -0.372 e. The molecule has 0 bridgehead atoms. The number of hydrogen-bond acceptors (Lipinski definition) is 6. The summed E-state index contributed by atoms with van der Waals surface area (Å²) in [4.78, 5) is 20.3. The fourth-order valence-corrected chi connectivity index (χ4v) is 2.88. The molecule has 3 rings (SSSR count). The first kappa shape index (κ1) is 17.1. The second-order valence-electron chi connectivity index (χ2n) is 5.17. The third-order valence-electron chi connectivity index (χ3n) is 3.32. The molecule has 0 aliphatic rings. The zero-order chi connectivity index (χ0) is 17.5. The lowest BCUT2D eigenvalue weighted by molar-refractivity contribution is -0.120. The summed E-state index contributed by atoms with van der Waals surface area (Å²) in [6, 6.07) is 11.4. The van der Waals surface area contributed by atoms with Crippen LogP contribution in [-0.2, 0) is 9.53 Å². The van der Waals surface area contributed by atoms with Crippen LogP contribution in [0, 0.1) is 0 Å². The van der Waals surface area contributed by atoms with E-state index in [0.29, 0.717) is 6.61 Å². The highest BCUT2D eigenvalue weighted by Gasteiger charge is 2.06. The number of nitrogens with zero attached hydrogens (tertiary/aromatic N) is 2. The molecule has 0 fully saturated rings. The smallest absolute Gasteiger partial charge is 0.250 e. The molecule has 6 nitrogen and oxygen atoms in total. The summed E-state index contributed by atoms with van der Waals surface area (Å²) in [7, 11) is 0. The van der Waals surface area contributed by atoms with Crippen LogP contribution in [0.25, 0.3) is 11.3 Å². The van der Waals surface area contributed by atoms with Gasteiger partial charge in [0.05, 0.1) is 17.6 Å². The predicted molar refractivity (Wildman–Crippen MR) is 100 cm³/mol. The Kier molecular flexibility index (Phi) is 5.71. The number of carbonyl (C=O) groups excluding carboxylic acids is 1. The standard InChI is InChI=1S/C18H18N4O2S/c1-2-24-11-17(23)20-14-7-5-13(6-8-14)16-12-25-18(22-16)21-15-4-3-9-19-10-15/h3-10,12H,2,11H2,1H3,(H,20,23)(H,21,22). The topological polar surface area (TPSA) is 76.1 Å². The maximum Gasteiger partial charge on any atom is 0.250 e. The largest absolute Gasteiger partial charge is 0.372 e. The van der Waals surface area contributed by atoms with Crippen LogP contribution in [0.5, 0.6) is 0 Å². The molecule has 2 N–H and O–H groups in total. The van der Waals surface area contributed by atoms with Gasteiger partial charge in [-0.05, 0) is 31.2 Å². The molecule has 1 amide bonds. The molecular weight excluding hydrogens is 336 g/mol. The first-order valence-corrected chi connectivity index (χ1v) is 8.73. The maximum absolute atomic E-state index is 11.6. The summed E-state index contributed by atoms with van der Waals surface area (Å²) in [6.07, 6.45) is 3.48. The van der Waals surface area contributed by atoms with Gasteiger partial charge in [0.2, 0.25) is 5.91 Å². The molecule has 7 heteroatoms. The molecule has 0 unspecified atom stereocenters. The van der Waals surface area contributed by atoms with E-state index in [0.717, 1.165) is 27.8 Å². The molecular formula is C18H18N4O2S. The molecule has 0 aliphatic heterocycles. The zero-order valence-corrected chi connectivity index (χ0v) is 14.5. The number of benzene rings is 1. The third kappa shape index (κ3) is 4.85. The highest BCUT2D eigenvalue weighted by atomic mass is 32.1. The molecule has 25 heavy (non-hydrogen) atoms. The number of pyridine rings is 1. The van der Waals surface area contributed by atoms with Crippen LogP contribution in [0.15, 0.2) is 54.2 Å². The molecule has 0 radical (unpaired) electrons. The first-order chi connectivity index (χ1) is 12.2. The van der Waals surface area contributed by atoms with Crippen molar-refractivity contribution in [2.75, 3.05) is 23.8 Å². The van der Waals surface area contributed by atoms with Crippen molar-refractivity contribution in [3.8, 4) is 11.3 Å². The summed E-state index contributed by atoms with van der Waals surface area (Å²) in [5, 5.41) is 8.81. The van der Waals surface area contributed by atoms with E-state index in [-0.39, 0.29) is 12.5 Å². The summed E-state index contributed by atoms with van der Waals surface area (Å²) in [5.74, 6) is -0.161. The Morgan fingerprint density at radius 1 is 1.20 bits per heavy atom. The summed E-state index contributed by atoms with van der Waals surface area (Å²) >= 11 is 1.53. The van der Waals surface area contributed by atoms with Gasteiger partial charge in [-0.15, -0.1) is 11.3 Å². The second-order valence-corrected chi connectivity index (χ2v) is 6.03. The van der Waals surface area contributed by atoms with Gasteiger partial charge in [-0.2, -0.15) is 0 Å². The number of ether oxygens (including phenoxy) is 1. The Balaban J connectivity index is 1.63. The lowest BCUT2D eigenvalue weighted by Crippen LogP contribution is -2.18. The molecule has 0 spiro atoms. The van der Waals surface area contributed by atoms with E-state index in [1.807, 2.05) is 48.7 Å². The van der Waals surface area contributed by atoms with E-state index in [4.69, 9.17) is 4.74 Å². The first-order valence-electron chi connectivity index (χ1n) is 7.85. The van der Waals surface area contributed by atoms with Gasteiger partial charge in [0.1, 0.15) is 6.61 Å². The lowest BCUT2D eigenvalue weighted by Gasteiger charge is -2.06. The number of thiazole rings is 1. The van der Waals surface area contributed by atoms with Crippen LogP contribution in [-0.4, -0.2) is 29.1 Å². The maximum atomic E-state index is 11.6. The SMILES string of the molecule is CCOCC(=O)Nc1ccc(-c2csc(Nc3cccnc3)n2)cc1. The van der Waals surface area contributed by atoms with E-state index in [1.54, 1.807) is 12.4 Å². The molecule has 1 aromatic carbocycles. The van der Waals surface area contributed by atoms with E-state index in [1.165, 1.54) is 11.3 Å². The Bertz CT molecular complexity index is 819. The predicted octanol–water partition coefficient (Wildman–Crippen LogP) is 3.92. The Morgan fingerprint density at radius 2 is 2.04 bits per heavy atom. The number of anilines is 3. The van der Waals surface area contributed by atoms with Gasteiger partial charge in [0.25, 0.3) is 0 Å². The number of carbonyl (C=O) groups is 1. The van der Waals surface area contributed by atoms with Crippen molar-refractivity contribution in [3.05, 3.63) is 54.2 Å². The van der Waals surface area contributed by atoms with Crippen LogP contribution < -0.4 is 10.6 Å². The summed E-state index contributed by atoms with van der Waals surface area (Å²) in [5.41, 5.74) is 3.50. The summed E-state index contributed by atoms with van der Waals surface area (Å²) < 4.78 is 5.08. The Labute approximate surface area is 149 Å². The minimum atomic E-state index is -0.161. The van der Waals surface area contributed by atoms with E-state index in [9.17, 15) is 4.79 Å². The van der Waals surface area contributed by atoms with Crippen molar-refractivity contribution in [3.63, 3.8) is 0 Å². The summed E-state index contributed by atoms with van der Waals surface area (Å²) in [6.45, 7) is 2.44. The minimum absolute atomic E-state index is 0.0632. The number of rotatable bonds is 7. The fraction of sp³-hybridized carbons (Fsp3) is 0.167. The van der Waals surface area contributed by atoms with Gasteiger partial charge in [-0.25, -0.2) is 4.98 Å². The third-order valence-corrected chi connectivity index (χ3v) is 4.08.